The number of hydrogen-bond acceptors (Lipinski definition) is 4. The number of aliphatic hydroxyl groups excluding tert-OH is 1. The van der Waals surface area contributed by atoms with Crippen LogP contribution in [0.4, 0.5) is 4.39 Å². The minimum Gasteiger partial charge on any atom is -0.503 e. The standard InChI is InChI=1S/C22H16FNO3S/c23-16-10-8-14(9-11-16)13-24-19(15-5-2-1-3-6-15)18(21(26)22(24)27)20(25)17-7-4-12-28-17/h1-12,19,26H,13H2. The molecule has 1 unspecified atom stereocenters. The number of benzene rings is 2. The van der Waals surface area contributed by atoms with Gasteiger partial charge in [0.25, 0.3) is 5.91 Å². The number of hydrogen-bond donors (Lipinski definition) is 1. The van der Waals surface area contributed by atoms with Gasteiger partial charge in [-0.2, -0.15) is 0 Å². The number of nitrogens with zero attached hydrogens (tertiary/aromatic N) is 1. The number of ketones is 1. The smallest absolute Gasteiger partial charge is 0.290 e. The monoisotopic (exact) mass is 393 g/mol. The lowest BCUT2D eigenvalue weighted by molar-refractivity contribution is -0.130. The van der Waals surface area contributed by atoms with E-state index >= 15 is 0 Å². The summed E-state index contributed by atoms with van der Waals surface area (Å²) in [6.07, 6.45) is 0. The third kappa shape index (κ3) is 3.23. The first kappa shape index (κ1) is 18.1. The highest BCUT2D eigenvalue weighted by atomic mass is 32.1. The second-order valence-electron chi connectivity index (χ2n) is 6.44. The topological polar surface area (TPSA) is 57.6 Å². The van der Waals surface area contributed by atoms with Crippen molar-refractivity contribution in [3.63, 3.8) is 0 Å². The molecule has 0 radical (unpaired) electrons. The van der Waals surface area contributed by atoms with Gasteiger partial charge in [0.15, 0.2) is 5.76 Å². The fourth-order valence-electron chi connectivity index (χ4n) is 3.36. The number of carbonyl (C=O) groups excluding carboxylic acids is 2. The van der Waals surface area contributed by atoms with Crippen LogP contribution in [0.2, 0.25) is 0 Å². The molecule has 0 saturated heterocycles. The number of aliphatic hydroxyl groups is 1. The van der Waals surface area contributed by atoms with Crippen molar-refractivity contribution < 1.29 is 19.1 Å². The number of amides is 1. The van der Waals surface area contributed by atoms with Crippen LogP contribution < -0.4 is 0 Å². The molecule has 2 heterocycles. The molecule has 0 spiro atoms. The van der Waals surface area contributed by atoms with Crippen LogP contribution in [-0.4, -0.2) is 21.7 Å². The zero-order chi connectivity index (χ0) is 19.7. The van der Waals surface area contributed by atoms with E-state index in [0.29, 0.717) is 10.4 Å². The van der Waals surface area contributed by atoms with Gasteiger partial charge in [-0.15, -0.1) is 11.3 Å². The van der Waals surface area contributed by atoms with Gasteiger partial charge in [0.05, 0.1) is 16.5 Å². The Bertz CT molecular complexity index is 1040. The summed E-state index contributed by atoms with van der Waals surface area (Å²) in [6.45, 7) is 0.143. The Kier molecular flexibility index (Phi) is 4.79. The summed E-state index contributed by atoms with van der Waals surface area (Å²) < 4.78 is 13.2. The summed E-state index contributed by atoms with van der Waals surface area (Å²) in [5.74, 6) is -1.88. The predicted octanol–water partition coefficient (Wildman–Crippen LogP) is 4.67. The maximum atomic E-state index is 13.2. The first-order valence-electron chi connectivity index (χ1n) is 8.68. The minimum absolute atomic E-state index is 0.0701. The van der Waals surface area contributed by atoms with E-state index < -0.39 is 17.7 Å². The molecule has 0 saturated carbocycles. The van der Waals surface area contributed by atoms with E-state index in [-0.39, 0.29) is 23.7 Å². The predicted molar refractivity (Wildman–Crippen MR) is 104 cm³/mol. The van der Waals surface area contributed by atoms with Crippen LogP contribution >= 0.6 is 11.3 Å². The van der Waals surface area contributed by atoms with E-state index in [1.807, 2.05) is 30.3 Å². The molecule has 4 rings (SSSR count). The van der Waals surface area contributed by atoms with Crippen molar-refractivity contribution in [2.45, 2.75) is 12.6 Å². The zero-order valence-electron chi connectivity index (χ0n) is 14.7. The van der Waals surface area contributed by atoms with E-state index in [9.17, 15) is 19.1 Å². The zero-order valence-corrected chi connectivity index (χ0v) is 15.5. The van der Waals surface area contributed by atoms with Crippen molar-refractivity contribution in [2.24, 2.45) is 0 Å². The fraction of sp³-hybridized carbons (Fsp3) is 0.0909. The SMILES string of the molecule is O=C(C1=C(O)C(=O)N(Cc2ccc(F)cc2)C1c1ccccc1)c1cccs1. The average Bonchev–Trinajstić information content (AvgIpc) is 3.33. The Morgan fingerprint density at radius 1 is 1.04 bits per heavy atom. The molecule has 28 heavy (non-hydrogen) atoms. The van der Waals surface area contributed by atoms with Crippen molar-refractivity contribution in [1.82, 2.24) is 4.90 Å². The van der Waals surface area contributed by atoms with E-state index in [1.165, 1.54) is 28.4 Å². The van der Waals surface area contributed by atoms with E-state index in [4.69, 9.17) is 0 Å². The highest BCUT2D eigenvalue weighted by Crippen LogP contribution is 2.40. The first-order valence-corrected chi connectivity index (χ1v) is 9.56. The molecule has 0 aliphatic carbocycles. The van der Waals surface area contributed by atoms with Crippen LogP contribution in [0.25, 0.3) is 0 Å². The third-order valence-electron chi connectivity index (χ3n) is 4.67. The number of carbonyl (C=O) groups is 2. The summed E-state index contributed by atoms with van der Waals surface area (Å²) in [5, 5.41) is 12.3. The summed E-state index contributed by atoms with van der Waals surface area (Å²) >= 11 is 1.26. The van der Waals surface area contributed by atoms with Gasteiger partial charge in [0.1, 0.15) is 5.82 Å². The Labute approximate surface area is 165 Å². The third-order valence-corrected chi connectivity index (χ3v) is 5.54. The van der Waals surface area contributed by atoms with Crippen molar-refractivity contribution >= 4 is 23.0 Å². The number of Topliss-reactive ketones (excluding diaryl/α,β-unsaturated/α-hetero) is 1. The molecule has 1 aliphatic heterocycles. The van der Waals surface area contributed by atoms with Gasteiger partial charge >= 0.3 is 0 Å². The highest BCUT2D eigenvalue weighted by Gasteiger charge is 2.43. The van der Waals surface area contributed by atoms with Crippen LogP contribution in [-0.2, 0) is 11.3 Å². The number of rotatable bonds is 5. The van der Waals surface area contributed by atoms with Gasteiger partial charge in [-0.1, -0.05) is 48.5 Å². The lowest BCUT2D eigenvalue weighted by Gasteiger charge is -2.27. The van der Waals surface area contributed by atoms with E-state index in [1.54, 1.807) is 29.6 Å². The molecule has 3 aromatic rings. The normalized spacial score (nSPS) is 16.7. The van der Waals surface area contributed by atoms with Crippen LogP contribution in [0.1, 0.15) is 26.8 Å². The molecule has 0 bridgehead atoms. The lowest BCUT2D eigenvalue weighted by atomic mass is 9.95. The molecule has 1 aromatic heterocycles. The second kappa shape index (κ2) is 7.40. The van der Waals surface area contributed by atoms with Crippen LogP contribution in [0.5, 0.6) is 0 Å². The van der Waals surface area contributed by atoms with Gasteiger partial charge < -0.3 is 10.0 Å². The minimum atomic E-state index is -0.714. The summed E-state index contributed by atoms with van der Waals surface area (Å²) in [4.78, 5) is 27.8. The molecule has 0 fully saturated rings. The Morgan fingerprint density at radius 3 is 2.39 bits per heavy atom. The quantitative estimate of drug-likeness (QED) is 0.641. The van der Waals surface area contributed by atoms with Crippen molar-refractivity contribution in [2.75, 3.05) is 0 Å². The molecule has 4 nitrogen and oxygen atoms in total. The summed E-state index contributed by atoms with van der Waals surface area (Å²) in [7, 11) is 0. The average molecular weight is 393 g/mol. The van der Waals surface area contributed by atoms with Crippen LogP contribution in [0, 0.1) is 5.82 Å². The van der Waals surface area contributed by atoms with Gasteiger partial charge in [-0.3, -0.25) is 9.59 Å². The van der Waals surface area contributed by atoms with Gasteiger partial charge in [0, 0.05) is 6.54 Å². The second-order valence-corrected chi connectivity index (χ2v) is 7.39. The van der Waals surface area contributed by atoms with Gasteiger partial charge in [0.2, 0.25) is 5.78 Å². The molecular formula is C22H16FNO3S. The molecule has 1 N–H and O–H groups in total. The molecular weight excluding hydrogens is 377 g/mol. The molecule has 140 valence electrons. The fourth-order valence-corrected chi connectivity index (χ4v) is 4.04. The molecule has 2 aromatic carbocycles. The summed E-state index contributed by atoms with van der Waals surface area (Å²) in [6, 6.07) is 17.6. The molecule has 1 atom stereocenters. The largest absolute Gasteiger partial charge is 0.503 e. The van der Waals surface area contributed by atoms with Crippen molar-refractivity contribution in [3.8, 4) is 0 Å². The highest BCUT2D eigenvalue weighted by molar-refractivity contribution is 7.12. The van der Waals surface area contributed by atoms with Crippen molar-refractivity contribution in [3.05, 3.63) is 105 Å². The van der Waals surface area contributed by atoms with Crippen LogP contribution in [0.15, 0.2) is 83.4 Å². The van der Waals surface area contributed by atoms with Crippen molar-refractivity contribution in [1.29, 1.82) is 0 Å². The Morgan fingerprint density at radius 2 is 1.75 bits per heavy atom. The number of thiophene rings is 1. The molecule has 6 heteroatoms. The van der Waals surface area contributed by atoms with E-state index in [0.717, 1.165) is 5.56 Å². The maximum absolute atomic E-state index is 13.2. The Hall–Kier alpha value is -3.25. The molecule has 1 amide bonds. The Balaban J connectivity index is 1.77. The lowest BCUT2D eigenvalue weighted by Crippen LogP contribution is -2.30. The van der Waals surface area contributed by atoms with Gasteiger partial charge in [-0.25, -0.2) is 4.39 Å². The van der Waals surface area contributed by atoms with E-state index in [2.05, 4.69) is 0 Å². The maximum Gasteiger partial charge on any atom is 0.290 e. The first-order chi connectivity index (χ1) is 13.6. The summed E-state index contributed by atoms with van der Waals surface area (Å²) in [5.41, 5.74) is 1.50. The molecule has 1 aliphatic rings. The number of halogens is 1. The van der Waals surface area contributed by atoms with Crippen LogP contribution in [0.3, 0.4) is 0 Å². The van der Waals surface area contributed by atoms with Gasteiger partial charge in [-0.05, 0) is 34.7 Å².